The summed E-state index contributed by atoms with van der Waals surface area (Å²) in [6, 6.07) is 7.01. The molecule has 2 heterocycles. The standard InChI is InChI=1S/C22H24F4N2O2/c1-13-7-14-8-16(27-11-18(14)28-13)10-21(29,22(24,25)26)12-20(2,3)17-9-15(23)5-6-19(17)30-4/h5-9,11,28-29H,10,12H2,1-4H3. The highest BCUT2D eigenvalue weighted by atomic mass is 19.4. The van der Waals surface area contributed by atoms with Crippen LogP contribution in [-0.4, -0.2) is 34.0 Å². The minimum Gasteiger partial charge on any atom is -0.496 e. The molecule has 0 saturated carbocycles. The van der Waals surface area contributed by atoms with Crippen LogP contribution in [0.1, 0.15) is 37.2 Å². The highest BCUT2D eigenvalue weighted by Crippen LogP contribution is 2.45. The molecule has 8 heteroatoms. The number of methoxy groups -OCH3 is 1. The maximum Gasteiger partial charge on any atom is 0.417 e. The summed E-state index contributed by atoms with van der Waals surface area (Å²) in [6.07, 6.45) is -4.89. The Morgan fingerprint density at radius 3 is 2.47 bits per heavy atom. The lowest BCUT2D eigenvalue weighted by Gasteiger charge is -2.38. The van der Waals surface area contributed by atoms with E-state index in [9.17, 15) is 22.7 Å². The van der Waals surface area contributed by atoms with Crippen LogP contribution in [0.2, 0.25) is 0 Å². The fourth-order valence-corrected chi connectivity index (χ4v) is 3.92. The highest BCUT2D eigenvalue weighted by Gasteiger charge is 2.56. The first-order valence-electron chi connectivity index (χ1n) is 9.42. The van der Waals surface area contributed by atoms with E-state index in [2.05, 4.69) is 9.97 Å². The molecule has 0 amide bonds. The third-order valence-corrected chi connectivity index (χ3v) is 5.32. The van der Waals surface area contributed by atoms with Crippen molar-refractivity contribution in [2.75, 3.05) is 7.11 Å². The molecule has 1 unspecified atom stereocenters. The lowest BCUT2D eigenvalue weighted by molar-refractivity contribution is -0.266. The average molecular weight is 424 g/mol. The van der Waals surface area contributed by atoms with Crippen molar-refractivity contribution < 1.29 is 27.4 Å². The van der Waals surface area contributed by atoms with E-state index in [1.54, 1.807) is 6.07 Å². The van der Waals surface area contributed by atoms with Crippen LogP contribution in [0.5, 0.6) is 5.75 Å². The van der Waals surface area contributed by atoms with Crippen molar-refractivity contribution in [2.45, 2.75) is 50.8 Å². The fraction of sp³-hybridized carbons (Fsp3) is 0.409. The number of rotatable bonds is 6. The van der Waals surface area contributed by atoms with Gasteiger partial charge >= 0.3 is 6.18 Å². The molecule has 0 bridgehead atoms. The van der Waals surface area contributed by atoms with Gasteiger partial charge in [-0.1, -0.05) is 13.8 Å². The summed E-state index contributed by atoms with van der Waals surface area (Å²) in [4.78, 5) is 7.15. The normalized spacial score (nSPS) is 14.7. The maximum atomic E-state index is 14.0. The van der Waals surface area contributed by atoms with Gasteiger partial charge in [0.15, 0.2) is 5.60 Å². The number of nitrogens with zero attached hydrogens (tertiary/aromatic N) is 1. The molecule has 0 saturated heterocycles. The Morgan fingerprint density at radius 2 is 1.83 bits per heavy atom. The Hall–Kier alpha value is -2.61. The Balaban J connectivity index is 1.99. The SMILES string of the molecule is COc1ccc(F)cc1C(C)(C)CC(O)(Cc1cc2cc(C)[nH]c2cn1)C(F)(F)F. The quantitative estimate of drug-likeness (QED) is 0.533. The monoisotopic (exact) mass is 424 g/mol. The number of hydrogen-bond donors (Lipinski definition) is 2. The second kappa shape index (κ2) is 7.58. The summed E-state index contributed by atoms with van der Waals surface area (Å²) in [5.41, 5.74) is -2.39. The van der Waals surface area contributed by atoms with E-state index < -0.39 is 35.9 Å². The Bertz CT molecular complexity index is 1060. The number of pyridine rings is 1. The van der Waals surface area contributed by atoms with Crippen LogP contribution >= 0.6 is 0 Å². The van der Waals surface area contributed by atoms with Crippen molar-refractivity contribution in [3.63, 3.8) is 0 Å². The Labute approximate surface area is 171 Å². The number of alkyl halides is 3. The van der Waals surface area contributed by atoms with Crippen molar-refractivity contribution in [1.82, 2.24) is 9.97 Å². The van der Waals surface area contributed by atoms with Gasteiger partial charge in [0, 0.05) is 28.8 Å². The molecule has 0 aliphatic carbocycles. The first-order valence-corrected chi connectivity index (χ1v) is 9.42. The molecule has 3 rings (SSSR count). The Morgan fingerprint density at radius 1 is 1.13 bits per heavy atom. The van der Waals surface area contributed by atoms with Crippen molar-refractivity contribution >= 4 is 10.9 Å². The summed E-state index contributed by atoms with van der Waals surface area (Å²) < 4.78 is 61.1. The number of aliphatic hydroxyl groups is 1. The summed E-state index contributed by atoms with van der Waals surface area (Å²) in [6.45, 7) is 4.88. The van der Waals surface area contributed by atoms with Crippen LogP contribution in [-0.2, 0) is 11.8 Å². The van der Waals surface area contributed by atoms with Gasteiger partial charge in [-0.3, -0.25) is 4.98 Å². The Kier molecular flexibility index (Phi) is 5.58. The van der Waals surface area contributed by atoms with Gasteiger partial charge in [-0.15, -0.1) is 0 Å². The first kappa shape index (κ1) is 22.1. The molecule has 2 N–H and O–H groups in total. The van der Waals surface area contributed by atoms with E-state index in [-0.39, 0.29) is 17.0 Å². The number of aromatic amines is 1. The maximum absolute atomic E-state index is 14.0. The highest BCUT2D eigenvalue weighted by molar-refractivity contribution is 5.79. The number of benzene rings is 1. The molecule has 0 radical (unpaired) electrons. The number of aromatic nitrogens is 2. The zero-order valence-electron chi connectivity index (χ0n) is 17.2. The average Bonchev–Trinajstić information content (AvgIpc) is 2.99. The third-order valence-electron chi connectivity index (χ3n) is 5.32. The van der Waals surface area contributed by atoms with Crippen LogP contribution < -0.4 is 4.74 Å². The molecule has 30 heavy (non-hydrogen) atoms. The number of fused-ring (bicyclic) bond motifs is 1. The fourth-order valence-electron chi connectivity index (χ4n) is 3.92. The van der Waals surface area contributed by atoms with E-state index in [1.807, 2.05) is 6.92 Å². The van der Waals surface area contributed by atoms with E-state index in [0.29, 0.717) is 10.9 Å². The van der Waals surface area contributed by atoms with Gasteiger partial charge in [0.05, 0.1) is 18.8 Å². The van der Waals surface area contributed by atoms with Crippen LogP contribution in [0.15, 0.2) is 36.5 Å². The topological polar surface area (TPSA) is 58.1 Å². The van der Waals surface area contributed by atoms with Gasteiger partial charge in [0.2, 0.25) is 0 Å². The number of halogens is 4. The van der Waals surface area contributed by atoms with Crippen molar-refractivity contribution in [3.05, 3.63) is 59.3 Å². The van der Waals surface area contributed by atoms with E-state index in [1.165, 1.54) is 45.4 Å². The number of ether oxygens (including phenoxy) is 1. The molecule has 0 fully saturated rings. The summed E-state index contributed by atoms with van der Waals surface area (Å²) in [7, 11) is 1.36. The molecular weight excluding hydrogens is 400 g/mol. The van der Waals surface area contributed by atoms with E-state index in [0.717, 1.165) is 11.8 Å². The van der Waals surface area contributed by atoms with Gasteiger partial charge < -0.3 is 14.8 Å². The molecule has 162 valence electrons. The number of hydrogen-bond acceptors (Lipinski definition) is 3. The molecule has 1 aromatic carbocycles. The van der Waals surface area contributed by atoms with Crippen LogP contribution in [0.25, 0.3) is 10.9 Å². The lowest BCUT2D eigenvalue weighted by Crippen LogP contribution is -2.51. The number of nitrogens with one attached hydrogen (secondary N) is 1. The predicted molar refractivity (Wildman–Crippen MR) is 106 cm³/mol. The van der Waals surface area contributed by atoms with Crippen molar-refractivity contribution in [1.29, 1.82) is 0 Å². The molecule has 2 aromatic heterocycles. The van der Waals surface area contributed by atoms with Crippen LogP contribution in [0.3, 0.4) is 0 Å². The number of aryl methyl sites for hydroxylation is 1. The van der Waals surface area contributed by atoms with Gasteiger partial charge in [0.1, 0.15) is 11.6 Å². The van der Waals surface area contributed by atoms with Crippen LogP contribution in [0.4, 0.5) is 17.6 Å². The molecule has 0 spiro atoms. The van der Waals surface area contributed by atoms with Gasteiger partial charge in [-0.05, 0) is 49.1 Å². The summed E-state index contributed by atoms with van der Waals surface area (Å²) in [5.74, 6) is -0.336. The van der Waals surface area contributed by atoms with Gasteiger partial charge in [-0.2, -0.15) is 13.2 Å². The number of H-pyrrole nitrogens is 1. The minimum atomic E-state index is -4.92. The molecule has 4 nitrogen and oxygen atoms in total. The smallest absolute Gasteiger partial charge is 0.417 e. The predicted octanol–water partition coefficient (Wildman–Crippen LogP) is 5.22. The van der Waals surface area contributed by atoms with E-state index in [4.69, 9.17) is 4.74 Å². The van der Waals surface area contributed by atoms with E-state index >= 15 is 0 Å². The zero-order chi connectivity index (χ0) is 22.3. The summed E-state index contributed by atoms with van der Waals surface area (Å²) >= 11 is 0. The first-order chi connectivity index (χ1) is 13.8. The minimum absolute atomic E-state index is 0.114. The molecule has 0 aliphatic rings. The molecule has 1 atom stereocenters. The molecule has 3 aromatic rings. The van der Waals surface area contributed by atoms with Crippen molar-refractivity contribution in [3.8, 4) is 5.75 Å². The third kappa shape index (κ3) is 4.28. The molecule has 0 aliphatic heterocycles. The van der Waals surface area contributed by atoms with Crippen LogP contribution in [0, 0.1) is 12.7 Å². The second-order valence-electron chi connectivity index (χ2n) is 8.33. The summed E-state index contributed by atoms with van der Waals surface area (Å²) in [5, 5.41) is 11.5. The lowest BCUT2D eigenvalue weighted by atomic mass is 9.73. The van der Waals surface area contributed by atoms with Crippen molar-refractivity contribution in [2.24, 2.45) is 0 Å². The molecular formula is C22H24F4N2O2. The second-order valence-corrected chi connectivity index (χ2v) is 8.33. The zero-order valence-corrected chi connectivity index (χ0v) is 17.2. The van der Waals surface area contributed by atoms with Gasteiger partial charge in [0.25, 0.3) is 0 Å². The van der Waals surface area contributed by atoms with Gasteiger partial charge in [-0.25, -0.2) is 4.39 Å². The largest absolute Gasteiger partial charge is 0.496 e.